The van der Waals surface area contributed by atoms with E-state index in [0.717, 1.165) is 0 Å². The standard InChI is InChI=1S/C14H9Cl2NO3/c15-9-4-5-12(16)11(7-9)13(18)17-10-3-1-2-8(6-10)14(19)20/h1-7H,(H,17,18)(H,19,20). The number of amides is 1. The van der Waals surface area contributed by atoms with Crippen LogP contribution in [-0.2, 0) is 0 Å². The summed E-state index contributed by atoms with van der Waals surface area (Å²) < 4.78 is 0. The zero-order valence-corrected chi connectivity index (χ0v) is 11.6. The van der Waals surface area contributed by atoms with Gasteiger partial charge in [0.2, 0.25) is 0 Å². The van der Waals surface area contributed by atoms with Crippen molar-refractivity contribution in [2.24, 2.45) is 0 Å². The van der Waals surface area contributed by atoms with Crippen molar-refractivity contribution >= 4 is 40.8 Å². The molecule has 0 aliphatic heterocycles. The van der Waals surface area contributed by atoms with Gasteiger partial charge in [-0.15, -0.1) is 0 Å². The molecule has 0 spiro atoms. The summed E-state index contributed by atoms with van der Waals surface area (Å²) in [4.78, 5) is 22.9. The molecule has 0 saturated heterocycles. The lowest BCUT2D eigenvalue weighted by Gasteiger charge is -2.07. The molecular weight excluding hydrogens is 301 g/mol. The van der Waals surface area contributed by atoms with Crippen molar-refractivity contribution < 1.29 is 14.7 Å². The fraction of sp³-hybridized carbons (Fsp3) is 0. The molecule has 0 aromatic heterocycles. The third-order valence-electron chi connectivity index (χ3n) is 2.54. The van der Waals surface area contributed by atoms with Crippen molar-refractivity contribution in [3.63, 3.8) is 0 Å². The van der Waals surface area contributed by atoms with Crippen LogP contribution < -0.4 is 5.32 Å². The van der Waals surface area contributed by atoms with Gasteiger partial charge >= 0.3 is 5.97 Å². The minimum Gasteiger partial charge on any atom is -0.478 e. The molecule has 2 aromatic rings. The molecule has 102 valence electrons. The molecule has 0 unspecified atom stereocenters. The summed E-state index contributed by atoms with van der Waals surface area (Å²) >= 11 is 11.7. The topological polar surface area (TPSA) is 66.4 Å². The molecule has 2 N–H and O–H groups in total. The van der Waals surface area contributed by atoms with E-state index in [1.807, 2.05) is 0 Å². The number of nitrogens with one attached hydrogen (secondary N) is 1. The number of anilines is 1. The van der Waals surface area contributed by atoms with Crippen LogP contribution in [0.2, 0.25) is 10.0 Å². The quantitative estimate of drug-likeness (QED) is 0.902. The van der Waals surface area contributed by atoms with Gasteiger partial charge in [0.15, 0.2) is 0 Å². The van der Waals surface area contributed by atoms with E-state index in [4.69, 9.17) is 28.3 Å². The first-order chi connectivity index (χ1) is 9.47. The Morgan fingerprint density at radius 3 is 2.50 bits per heavy atom. The molecule has 4 nitrogen and oxygen atoms in total. The van der Waals surface area contributed by atoms with E-state index in [1.54, 1.807) is 18.2 Å². The smallest absolute Gasteiger partial charge is 0.335 e. The predicted octanol–water partition coefficient (Wildman–Crippen LogP) is 3.94. The molecule has 20 heavy (non-hydrogen) atoms. The van der Waals surface area contributed by atoms with Gasteiger partial charge in [0.05, 0.1) is 16.1 Å². The van der Waals surface area contributed by atoms with Gasteiger partial charge in [-0.05, 0) is 36.4 Å². The van der Waals surface area contributed by atoms with Crippen LogP contribution in [-0.4, -0.2) is 17.0 Å². The van der Waals surface area contributed by atoms with Crippen LogP contribution in [0.4, 0.5) is 5.69 Å². The summed E-state index contributed by atoms with van der Waals surface area (Å²) in [5.74, 6) is -1.53. The molecule has 1 amide bonds. The molecule has 2 rings (SSSR count). The maximum Gasteiger partial charge on any atom is 0.335 e. The lowest BCUT2D eigenvalue weighted by molar-refractivity contribution is 0.0696. The number of hydrogen-bond acceptors (Lipinski definition) is 2. The molecule has 2 aromatic carbocycles. The number of benzene rings is 2. The molecule has 0 radical (unpaired) electrons. The number of halogens is 2. The van der Waals surface area contributed by atoms with Gasteiger partial charge in [-0.3, -0.25) is 4.79 Å². The molecular formula is C14H9Cl2NO3. The van der Waals surface area contributed by atoms with E-state index in [2.05, 4.69) is 5.32 Å². The highest BCUT2D eigenvalue weighted by molar-refractivity contribution is 6.36. The van der Waals surface area contributed by atoms with Gasteiger partial charge in [-0.25, -0.2) is 4.79 Å². The largest absolute Gasteiger partial charge is 0.478 e. The SMILES string of the molecule is O=C(O)c1cccc(NC(=O)c2cc(Cl)ccc2Cl)c1. The Balaban J connectivity index is 2.25. The number of carboxylic acids is 1. The Morgan fingerprint density at radius 1 is 1.05 bits per heavy atom. The van der Waals surface area contributed by atoms with Crippen molar-refractivity contribution in [2.45, 2.75) is 0 Å². The molecule has 0 heterocycles. The minimum absolute atomic E-state index is 0.0833. The van der Waals surface area contributed by atoms with E-state index < -0.39 is 11.9 Å². The van der Waals surface area contributed by atoms with Crippen LogP contribution >= 0.6 is 23.2 Å². The first-order valence-corrected chi connectivity index (χ1v) is 6.33. The Labute approximate surface area is 124 Å². The van der Waals surface area contributed by atoms with E-state index in [1.165, 1.54) is 24.3 Å². The summed E-state index contributed by atoms with van der Waals surface area (Å²) in [6.45, 7) is 0. The van der Waals surface area contributed by atoms with Crippen LogP contribution in [0.1, 0.15) is 20.7 Å². The minimum atomic E-state index is -1.07. The number of rotatable bonds is 3. The Bertz CT molecular complexity index is 686. The Morgan fingerprint density at radius 2 is 1.80 bits per heavy atom. The summed E-state index contributed by atoms with van der Waals surface area (Å²) in [5, 5.41) is 12.1. The van der Waals surface area contributed by atoms with E-state index >= 15 is 0 Å². The molecule has 0 aliphatic carbocycles. The Hall–Kier alpha value is -2.04. The second-order valence-electron chi connectivity index (χ2n) is 3.96. The van der Waals surface area contributed by atoms with Gasteiger partial charge in [0.1, 0.15) is 0 Å². The van der Waals surface area contributed by atoms with Crippen LogP contribution in [0.25, 0.3) is 0 Å². The zero-order valence-electron chi connectivity index (χ0n) is 10.1. The van der Waals surface area contributed by atoms with Gasteiger partial charge < -0.3 is 10.4 Å². The maximum atomic E-state index is 12.1. The molecule has 0 atom stereocenters. The number of aromatic carboxylic acids is 1. The fourth-order valence-electron chi connectivity index (χ4n) is 1.60. The second kappa shape index (κ2) is 5.94. The fourth-order valence-corrected chi connectivity index (χ4v) is 1.98. The molecule has 0 fully saturated rings. The number of carbonyl (C=O) groups is 2. The van der Waals surface area contributed by atoms with Crippen LogP contribution in [0.15, 0.2) is 42.5 Å². The predicted molar refractivity (Wildman–Crippen MR) is 77.8 cm³/mol. The van der Waals surface area contributed by atoms with Crippen molar-refractivity contribution in [1.29, 1.82) is 0 Å². The van der Waals surface area contributed by atoms with Gasteiger partial charge in [0.25, 0.3) is 5.91 Å². The lowest BCUT2D eigenvalue weighted by Crippen LogP contribution is -2.13. The first kappa shape index (κ1) is 14.4. The van der Waals surface area contributed by atoms with Gasteiger partial charge in [-0.1, -0.05) is 29.3 Å². The van der Waals surface area contributed by atoms with E-state index in [9.17, 15) is 9.59 Å². The summed E-state index contributed by atoms with van der Waals surface area (Å²) in [7, 11) is 0. The summed E-state index contributed by atoms with van der Waals surface area (Å²) in [6.07, 6.45) is 0. The highest BCUT2D eigenvalue weighted by Crippen LogP contribution is 2.22. The van der Waals surface area contributed by atoms with Crippen molar-refractivity contribution in [1.82, 2.24) is 0 Å². The normalized spacial score (nSPS) is 10.1. The molecule has 0 saturated carbocycles. The van der Waals surface area contributed by atoms with Crippen LogP contribution in [0.5, 0.6) is 0 Å². The number of carboxylic acid groups (broad SMARTS) is 1. The average Bonchev–Trinajstić information content (AvgIpc) is 2.41. The highest BCUT2D eigenvalue weighted by Gasteiger charge is 2.12. The van der Waals surface area contributed by atoms with E-state index in [0.29, 0.717) is 10.7 Å². The van der Waals surface area contributed by atoms with Crippen LogP contribution in [0.3, 0.4) is 0 Å². The van der Waals surface area contributed by atoms with E-state index in [-0.39, 0.29) is 16.1 Å². The maximum absolute atomic E-state index is 12.1. The third-order valence-corrected chi connectivity index (χ3v) is 3.11. The van der Waals surface area contributed by atoms with Crippen molar-refractivity contribution in [2.75, 3.05) is 5.32 Å². The lowest BCUT2D eigenvalue weighted by atomic mass is 10.1. The number of carbonyl (C=O) groups excluding carboxylic acids is 1. The zero-order chi connectivity index (χ0) is 14.7. The summed E-state index contributed by atoms with van der Waals surface area (Å²) in [6, 6.07) is 10.5. The molecule has 6 heteroatoms. The van der Waals surface area contributed by atoms with Crippen molar-refractivity contribution in [3.05, 3.63) is 63.6 Å². The van der Waals surface area contributed by atoms with Gasteiger partial charge in [-0.2, -0.15) is 0 Å². The monoisotopic (exact) mass is 309 g/mol. The second-order valence-corrected chi connectivity index (χ2v) is 4.81. The van der Waals surface area contributed by atoms with Crippen LogP contribution in [0, 0.1) is 0 Å². The summed E-state index contributed by atoms with van der Waals surface area (Å²) in [5.41, 5.74) is 0.672. The first-order valence-electron chi connectivity index (χ1n) is 5.57. The third kappa shape index (κ3) is 3.29. The molecule has 0 bridgehead atoms. The van der Waals surface area contributed by atoms with Gasteiger partial charge in [0, 0.05) is 10.7 Å². The van der Waals surface area contributed by atoms with Crippen molar-refractivity contribution in [3.8, 4) is 0 Å². The Kier molecular flexibility index (Phi) is 4.27. The molecule has 0 aliphatic rings. The average molecular weight is 310 g/mol. The number of hydrogen-bond donors (Lipinski definition) is 2. The highest BCUT2D eigenvalue weighted by atomic mass is 35.5.